The second-order valence-electron chi connectivity index (χ2n) is 8.49. The first-order chi connectivity index (χ1) is 12.0. The molecule has 3 aliphatic carbocycles. The first-order valence-corrected chi connectivity index (χ1v) is 9.78. The smallest absolute Gasteiger partial charge is 0.248 e. The Morgan fingerprint density at radius 3 is 3.00 bits per heavy atom. The van der Waals surface area contributed by atoms with E-state index in [-0.39, 0.29) is 12.0 Å². The molecular formula is C22H29NO2. The second kappa shape index (κ2) is 6.28. The number of aliphatic hydroxyl groups excluding tert-OH is 1. The van der Waals surface area contributed by atoms with Gasteiger partial charge in [-0.05, 0) is 98.3 Å². The van der Waals surface area contributed by atoms with Crippen molar-refractivity contribution in [3.05, 3.63) is 47.0 Å². The molecule has 134 valence electrons. The number of primary amides is 1. The van der Waals surface area contributed by atoms with Gasteiger partial charge in [0, 0.05) is 5.56 Å². The lowest BCUT2D eigenvalue weighted by Gasteiger charge is -2.50. The highest BCUT2D eigenvalue weighted by Crippen LogP contribution is 2.60. The van der Waals surface area contributed by atoms with Crippen LogP contribution in [0.1, 0.15) is 72.9 Å². The van der Waals surface area contributed by atoms with Crippen LogP contribution in [0.4, 0.5) is 0 Å². The summed E-state index contributed by atoms with van der Waals surface area (Å²) in [6.07, 6.45) is 12.6. The number of carbonyl (C=O) groups excluding carboxylic acids is 1. The summed E-state index contributed by atoms with van der Waals surface area (Å²) in [6, 6.07) is 6.10. The van der Waals surface area contributed by atoms with Crippen LogP contribution in [0.25, 0.3) is 0 Å². The zero-order chi connectivity index (χ0) is 17.6. The Labute approximate surface area is 150 Å². The molecule has 3 nitrogen and oxygen atoms in total. The molecule has 0 radical (unpaired) electrons. The molecule has 0 heterocycles. The number of hydrogen-bond donors (Lipinski definition) is 2. The van der Waals surface area contributed by atoms with E-state index in [1.165, 1.54) is 36.8 Å². The fourth-order valence-corrected chi connectivity index (χ4v) is 5.92. The normalized spacial score (nSPS) is 34.1. The summed E-state index contributed by atoms with van der Waals surface area (Å²) >= 11 is 0. The van der Waals surface area contributed by atoms with Gasteiger partial charge in [-0.1, -0.05) is 18.2 Å². The maximum Gasteiger partial charge on any atom is 0.248 e. The molecule has 3 heteroatoms. The lowest BCUT2D eigenvalue weighted by molar-refractivity contribution is 0.0481. The van der Waals surface area contributed by atoms with E-state index in [1.807, 2.05) is 19.1 Å². The van der Waals surface area contributed by atoms with Gasteiger partial charge in [-0.3, -0.25) is 4.79 Å². The lowest BCUT2D eigenvalue weighted by Crippen LogP contribution is -2.41. The van der Waals surface area contributed by atoms with Crippen molar-refractivity contribution in [1.82, 2.24) is 0 Å². The zero-order valence-corrected chi connectivity index (χ0v) is 15.1. The van der Waals surface area contributed by atoms with Crippen LogP contribution in [0.2, 0.25) is 0 Å². The number of fused-ring (bicyclic) bond motifs is 5. The fourth-order valence-electron chi connectivity index (χ4n) is 5.92. The third-order valence-electron chi connectivity index (χ3n) is 7.13. The topological polar surface area (TPSA) is 63.3 Å². The van der Waals surface area contributed by atoms with Crippen molar-refractivity contribution in [3.63, 3.8) is 0 Å². The van der Waals surface area contributed by atoms with Crippen molar-refractivity contribution in [2.24, 2.45) is 23.0 Å². The standard InChI is InChI=1S/C22H29NO2/c1-14(24)8-11-22-10-2-3-20(22)19-7-4-15-13-16(21(23)25)5-6-17(15)18(19)9-12-22/h2,5-6,10,13-14,18-20,24H,3-4,7-9,11-12H2,1H3,(H2,23,25)/t14-,18+,19+,20-,22+/m0/s1. The van der Waals surface area contributed by atoms with Crippen molar-refractivity contribution in [2.45, 2.75) is 63.9 Å². The van der Waals surface area contributed by atoms with E-state index in [1.54, 1.807) is 0 Å². The SMILES string of the molecule is C[C@H](O)CC[C@@]12C=CC[C@H]1[C@@H]1CCc3cc(C(N)=O)ccc3[C@H]1CC2. The summed E-state index contributed by atoms with van der Waals surface area (Å²) < 4.78 is 0. The summed E-state index contributed by atoms with van der Waals surface area (Å²) in [6.45, 7) is 1.91. The quantitative estimate of drug-likeness (QED) is 0.816. The first kappa shape index (κ1) is 16.8. The fraction of sp³-hybridized carbons (Fsp3) is 0.591. The maximum absolute atomic E-state index is 11.5. The van der Waals surface area contributed by atoms with E-state index in [4.69, 9.17) is 5.73 Å². The van der Waals surface area contributed by atoms with E-state index >= 15 is 0 Å². The maximum atomic E-state index is 11.5. The molecule has 3 aliphatic rings. The average Bonchev–Trinajstić information content (AvgIpc) is 3.03. The Bertz CT molecular complexity index is 708. The van der Waals surface area contributed by atoms with Gasteiger partial charge < -0.3 is 10.8 Å². The molecule has 5 atom stereocenters. The zero-order valence-electron chi connectivity index (χ0n) is 15.1. The predicted molar refractivity (Wildman–Crippen MR) is 99.3 cm³/mol. The van der Waals surface area contributed by atoms with Crippen LogP contribution in [0.3, 0.4) is 0 Å². The number of amides is 1. The largest absolute Gasteiger partial charge is 0.393 e. The van der Waals surface area contributed by atoms with Gasteiger partial charge in [-0.25, -0.2) is 0 Å². The minimum Gasteiger partial charge on any atom is -0.393 e. The average molecular weight is 339 g/mol. The number of rotatable bonds is 4. The van der Waals surface area contributed by atoms with Gasteiger partial charge in [0.25, 0.3) is 0 Å². The number of allylic oxidation sites excluding steroid dienone is 2. The third-order valence-corrected chi connectivity index (χ3v) is 7.13. The molecule has 3 N–H and O–H groups in total. The number of aryl methyl sites for hydroxylation is 1. The molecule has 1 saturated carbocycles. The molecule has 0 bridgehead atoms. The molecule has 0 unspecified atom stereocenters. The Balaban J connectivity index is 1.60. The minimum atomic E-state index is -0.328. The van der Waals surface area contributed by atoms with Crippen molar-refractivity contribution in [2.75, 3.05) is 0 Å². The lowest BCUT2D eigenvalue weighted by atomic mass is 9.54. The Morgan fingerprint density at radius 1 is 1.40 bits per heavy atom. The van der Waals surface area contributed by atoms with Crippen LogP contribution < -0.4 is 5.73 Å². The summed E-state index contributed by atoms with van der Waals surface area (Å²) in [5, 5.41) is 9.77. The van der Waals surface area contributed by atoms with Crippen LogP contribution in [-0.4, -0.2) is 17.1 Å². The molecule has 1 fully saturated rings. The van der Waals surface area contributed by atoms with Crippen molar-refractivity contribution >= 4 is 5.91 Å². The molecule has 1 amide bonds. The monoisotopic (exact) mass is 339 g/mol. The van der Waals surface area contributed by atoms with E-state index in [2.05, 4.69) is 18.2 Å². The highest BCUT2D eigenvalue weighted by molar-refractivity contribution is 5.93. The van der Waals surface area contributed by atoms with E-state index < -0.39 is 0 Å². The van der Waals surface area contributed by atoms with Crippen LogP contribution >= 0.6 is 0 Å². The summed E-state index contributed by atoms with van der Waals surface area (Å²) in [5.41, 5.74) is 9.19. The summed E-state index contributed by atoms with van der Waals surface area (Å²) in [5.74, 6) is 1.74. The summed E-state index contributed by atoms with van der Waals surface area (Å²) in [7, 11) is 0. The van der Waals surface area contributed by atoms with Crippen molar-refractivity contribution in [1.29, 1.82) is 0 Å². The number of aliphatic hydroxyl groups is 1. The Kier molecular flexibility index (Phi) is 4.23. The molecule has 0 spiro atoms. The Hall–Kier alpha value is -1.61. The minimum absolute atomic E-state index is 0.207. The first-order valence-electron chi connectivity index (χ1n) is 9.78. The van der Waals surface area contributed by atoms with Gasteiger partial charge in [0.05, 0.1) is 6.10 Å². The van der Waals surface area contributed by atoms with Gasteiger partial charge in [-0.15, -0.1) is 0 Å². The Morgan fingerprint density at radius 2 is 2.24 bits per heavy atom. The van der Waals surface area contributed by atoms with Crippen molar-refractivity contribution in [3.8, 4) is 0 Å². The third kappa shape index (κ3) is 2.83. The van der Waals surface area contributed by atoms with Crippen LogP contribution in [0.5, 0.6) is 0 Å². The summed E-state index contributed by atoms with van der Waals surface area (Å²) in [4.78, 5) is 11.5. The predicted octanol–water partition coefficient (Wildman–Crippen LogP) is 3.95. The van der Waals surface area contributed by atoms with Gasteiger partial charge in [-0.2, -0.15) is 0 Å². The number of hydrogen-bond acceptors (Lipinski definition) is 2. The molecule has 0 saturated heterocycles. The van der Waals surface area contributed by atoms with Gasteiger partial charge in [0.2, 0.25) is 5.91 Å². The molecule has 1 aromatic rings. The van der Waals surface area contributed by atoms with Crippen LogP contribution in [0.15, 0.2) is 30.4 Å². The van der Waals surface area contributed by atoms with E-state index in [0.29, 0.717) is 22.8 Å². The van der Waals surface area contributed by atoms with Gasteiger partial charge in [0.1, 0.15) is 0 Å². The van der Waals surface area contributed by atoms with E-state index in [9.17, 15) is 9.90 Å². The van der Waals surface area contributed by atoms with Crippen molar-refractivity contribution < 1.29 is 9.90 Å². The van der Waals surface area contributed by atoms with Gasteiger partial charge in [0.15, 0.2) is 0 Å². The highest BCUT2D eigenvalue weighted by atomic mass is 16.3. The molecule has 25 heavy (non-hydrogen) atoms. The molecule has 1 aromatic carbocycles. The van der Waals surface area contributed by atoms with E-state index in [0.717, 1.165) is 25.2 Å². The number of benzene rings is 1. The van der Waals surface area contributed by atoms with Gasteiger partial charge >= 0.3 is 0 Å². The molecular weight excluding hydrogens is 310 g/mol. The van der Waals surface area contributed by atoms with Crippen LogP contribution in [0, 0.1) is 17.3 Å². The number of carbonyl (C=O) groups is 1. The van der Waals surface area contributed by atoms with Crippen LogP contribution in [-0.2, 0) is 6.42 Å². The molecule has 0 aromatic heterocycles. The molecule has 0 aliphatic heterocycles. The highest BCUT2D eigenvalue weighted by Gasteiger charge is 2.50. The molecule has 4 rings (SSSR count). The number of nitrogens with two attached hydrogens (primary N) is 1. The second-order valence-corrected chi connectivity index (χ2v) is 8.49.